The van der Waals surface area contributed by atoms with Crippen LogP contribution in [-0.4, -0.2) is 70.0 Å². The molecule has 0 bridgehead atoms. The van der Waals surface area contributed by atoms with Crippen LogP contribution >= 0.6 is 7.82 Å². The van der Waals surface area contributed by atoms with E-state index in [2.05, 4.69) is 38.2 Å². The molecule has 0 aromatic heterocycles. The molecule has 0 rings (SSSR count). The molecule has 0 heterocycles. The van der Waals surface area contributed by atoms with Crippen molar-refractivity contribution in [2.24, 2.45) is 0 Å². The fourth-order valence-corrected chi connectivity index (χ4v) is 9.01. The molecule has 0 amide bonds. The van der Waals surface area contributed by atoms with Gasteiger partial charge in [0.05, 0.1) is 27.7 Å². The molecule has 0 N–H and O–H groups in total. The number of carbonyl (C=O) groups excluding carboxylic acids is 2. The lowest BCUT2D eigenvalue weighted by molar-refractivity contribution is -0.870. The van der Waals surface area contributed by atoms with Gasteiger partial charge in [-0.1, -0.05) is 244 Å². The predicted molar refractivity (Wildman–Crippen MR) is 282 cm³/mol. The number of phosphoric ester groups is 1. The Hall–Kier alpha value is -1.51. The predicted octanol–water partition coefficient (Wildman–Crippen LogP) is 16.8. The maximum absolute atomic E-state index is 12.8. The maximum Gasteiger partial charge on any atom is 0.306 e. The van der Waals surface area contributed by atoms with Crippen LogP contribution in [0.3, 0.4) is 0 Å². The van der Waals surface area contributed by atoms with Crippen LogP contribution in [0.25, 0.3) is 0 Å². The topological polar surface area (TPSA) is 111 Å². The van der Waals surface area contributed by atoms with E-state index in [9.17, 15) is 19.0 Å². The summed E-state index contributed by atoms with van der Waals surface area (Å²) in [5, 5.41) is 0. The summed E-state index contributed by atoms with van der Waals surface area (Å²) < 4.78 is 34.1. The smallest absolute Gasteiger partial charge is 0.306 e. The number of hydrogen-bond acceptors (Lipinski definition) is 8. The van der Waals surface area contributed by atoms with E-state index < -0.39 is 26.5 Å². The summed E-state index contributed by atoms with van der Waals surface area (Å²) in [5.41, 5.74) is 0. The summed E-state index contributed by atoms with van der Waals surface area (Å²) in [7, 11) is 1.18. The molecular formula is C57H110NO8P. The average Bonchev–Trinajstić information content (AvgIpc) is 3.29. The number of unbranched alkanes of at least 4 members (excludes halogenated alkanes) is 35. The molecule has 2 atom stereocenters. The largest absolute Gasteiger partial charge is 0.756 e. The minimum atomic E-state index is -4.63. The zero-order valence-electron chi connectivity index (χ0n) is 44.9. The molecule has 2 unspecified atom stereocenters. The summed E-state index contributed by atoms with van der Waals surface area (Å²) in [6.07, 6.45) is 58.0. The standard InChI is InChI=1S/C57H110NO8P/c1-6-8-10-12-14-16-18-20-22-23-24-25-26-27-28-29-30-31-32-33-34-35-36-38-40-42-44-46-48-50-57(60)66-55(54-65-67(61,62)64-52-51-58(3,4)5)53-63-56(59)49-47-45-43-41-39-37-21-19-17-15-13-11-9-7-2/h18,20,23-24,55H,6-17,19,21-22,25-54H2,1-5H3/b20-18-,24-23-. The number of quaternary nitrogens is 1. The Bertz CT molecular complexity index is 1190. The van der Waals surface area contributed by atoms with E-state index in [1.807, 2.05) is 21.1 Å². The second kappa shape index (κ2) is 49.5. The van der Waals surface area contributed by atoms with Crippen molar-refractivity contribution in [1.82, 2.24) is 0 Å². The second-order valence-electron chi connectivity index (χ2n) is 20.7. The maximum atomic E-state index is 12.8. The van der Waals surface area contributed by atoms with Crippen LogP contribution in [0.5, 0.6) is 0 Å². The van der Waals surface area contributed by atoms with Crippen molar-refractivity contribution in [2.75, 3.05) is 47.5 Å². The first-order valence-electron chi connectivity index (χ1n) is 28.5. The van der Waals surface area contributed by atoms with Gasteiger partial charge in [-0.25, -0.2) is 0 Å². The van der Waals surface area contributed by atoms with Gasteiger partial charge in [0.2, 0.25) is 0 Å². The van der Waals surface area contributed by atoms with Crippen molar-refractivity contribution in [1.29, 1.82) is 0 Å². The summed E-state index contributed by atoms with van der Waals surface area (Å²) in [4.78, 5) is 37.8. The van der Waals surface area contributed by atoms with E-state index in [1.165, 1.54) is 205 Å². The van der Waals surface area contributed by atoms with E-state index in [-0.39, 0.29) is 32.0 Å². The minimum absolute atomic E-state index is 0.0275. The first-order chi connectivity index (χ1) is 32.5. The molecule has 0 aromatic rings. The SMILES string of the molecule is CCCCCCC/C=C\C/C=C\CCCCCCCCCCCCCCCCCCCC(=O)OC(COC(=O)CCCCCCCCCCCCCCCC)COP(=O)([O-])OCC[N+](C)(C)C. The molecular weight excluding hydrogens is 858 g/mol. The second-order valence-corrected chi connectivity index (χ2v) is 22.1. The van der Waals surface area contributed by atoms with Gasteiger partial charge in [0.1, 0.15) is 19.8 Å². The first-order valence-corrected chi connectivity index (χ1v) is 30.0. The molecule has 0 aliphatic heterocycles. The fourth-order valence-electron chi connectivity index (χ4n) is 8.28. The van der Waals surface area contributed by atoms with Crippen molar-refractivity contribution in [2.45, 2.75) is 283 Å². The van der Waals surface area contributed by atoms with Gasteiger partial charge < -0.3 is 27.9 Å². The van der Waals surface area contributed by atoms with E-state index in [0.29, 0.717) is 17.4 Å². The third-order valence-corrected chi connectivity index (χ3v) is 13.7. The first kappa shape index (κ1) is 65.5. The van der Waals surface area contributed by atoms with Crippen molar-refractivity contribution < 1.29 is 42.1 Å². The summed E-state index contributed by atoms with van der Waals surface area (Å²) in [6.45, 7) is 4.27. The Balaban J connectivity index is 4.06. The molecule has 0 saturated carbocycles. The number of carbonyl (C=O) groups is 2. The highest BCUT2D eigenvalue weighted by atomic mass is 31.2. The van der Waals surface area contributed by atoms with Crippen LogP contribution in [0.4, 0.5) is 0 Å². The summed E-state index contributed by atoms with van der Waals surface area (Å²) >= 11 is 0. The quantitative estimate of drug-likeness (QED) is 0.0195. The van der Waals surface area contributed by atoms with Crippen LogP contribution in [-0.2, 0) is 32.7 Å². The minimum Gasteiger partial charge on any atom is -0.756 e. The van der Waals surface area contributed by atoms with E-state index >= 15 is 0 Å². The van der Waals surface area contributed by atoms with Gasteiger partial charge in [-0.2, -0.15) is 0 Å². The number of rotatable bonds is 53. The Morgan fingerprint density at radius 1 is 0.463 bits per heavy atom. The number of hydrogen-bond donors (Lipinski definition) is 0. The van der Waals surface area contributed by atoms with Crippen molar-refractivity contribution in [3.8, 4) is 0 Å². The van der Waals surface area contributed by atoms with Crippen molar-refractivity contribution >= 4 is 19.8 Å². The lowest BCUT2D eigenvalue weighted by Gasteiger charge is -2.28. The molecule has 0 fully saturated rings. The molecule has 0 spiro atoms. The number of ether oxygens (including phenoxy) is 2. The van der Waals surface area contributed by atoms with Crippen LogP contribution in [0.2, 0.25) is 0 Å². The van der Waals surface area contributed by atoms with Gasteiger partial charge in [-0.05, 0) is 44.9 Å². The average molecular weight is 968 g/mol. The molecule has 0 aromatic carbocycles. The molecule has 0 radical (unpaired) electrons. The number of allylic oxidation sites excluding steroid dienone is 4. The zero-order chi connectivity index (χ0) is 49.2. The third-order valence-electron chi connectivity index (χ3n) is 12.7. The Morgan fingerprint density at radius 2 is 0.806 bits per heavy atom. The van der Waals surface area contributed by atoms with Gasteiger partial charge in [-0.15, -0.1) is 0 Å². The Kier molecular flexibility index (Phi) is 48.4. The third kappa shape index (κ3) is 53.7. The molecule has 396 valence electrons. The zero-order valence-corrected chi connectivity index (χ0v) is 45.8. The van der Waals surface area contributed by atoms with Gasteiger partial charge in [-0.3, -0.25) is 14.2 Å². The molecule has 9 nitrogen and oxygen atoms in total. The highest BCUT2D eigenvalue weighted by Crippen LogP contribution is 2.38. The highest BCUT2D eigenvalue weighted by Gasteiger charge is 2.22. The van der Waals surface area contributed by atoms with E-state index in [0.717, 1.165) is 38.5 Å². The molecule has 0 saturated heterocycles. The van der Waals surface area contributed by atoms with Gasteiger partial charge in [0.15, 0.2) is 6.10 Å². The number of likely N-dealkylation sites (N-methyl/N-ethyl adjacent to an activating group) is 1. The van der Waals surface area contributed by atoms with Crippen LogP contribution in [0.15, 0.2) is 24.3 Å². The number of esters is 2. The summed E-state index contributed by atoms with van der Waals surface area (Å²) in [5.74, 6) is -0.818. The van der Waals surface area contributed by atoms with Gasteiger partial charge in [0, 0.05) is 12.8 Å². The van der Waals surface area contributed by atoms with E-state index in [1.54, 1.807) is 0 Å². The molecule has 67 heavy (non-hydrogen) atoms. The van der Waals surface area contributed by atoms with E-state index in [4.69, 9.17) is 18.5 Å². The Labute approximate surface area is 415 Å². The fraction of sp³-hybridized carbons (Fsp3) is 0.895. The normalized spacial score (nSPS) is 13.5. The van der Waals surface area contributed by atoms with Gasteiger partial charge in [0.25, 0.3) is 7.82 Å². The molecule has 10 heteroatoms. The monoisotopic (exact) mass is 968 g/mol. The number of nitrogens with zero attached hydrogens (tertiary/aromatic N) is 1. The van der Waals surface area contributed by atoms with Crippen LogP contribution in [0.1, 0.15) is 277 Å². The lowest BCUT2D eigenvalue weighted by Crippen LogP contribution is -2.37. The van der Waals surface area contributed by atoms with Gasteiger partial charge >= 0.3 is 11.9 Å². The van der Waals surface area contributed by atoms with Crippen molar-refractivity contribution in [3.63, 3.8) is 0 Å². The van der Waals surface area contributed by atoms with Crippen LogP contribution < -0.4 is 4.89 Å². The lowest BCUT2D eigenvalue weighted by atomic mass is 10.0. The Morgan fingerprint density at radius 3 is 1.18 bits per heavy atom. The number of phosphoric acid groups is 1. The summed E-state index contributed by atoms with van der Waals surface area (Å²) in [6, 6.07) is 0. The van der Waals surface area contributed by atoms with Crippen LogP contribution in [0, 0.1) is 0 Å². The molecule has 0 aliphatic rings. The molecule has 0 aliphatic carbocycles. The van der Waals surface area contributed by atoms with Crippen molar-refractivity contribution in [3.05, 3.63) is 24.3 Å². The highest BCUT2D eigenvalue weighted by molar-refractivity contribution is 7.45.